The van der Waals surface area contributed by atoms with Gasteiger partial charge in [-0.1, -0.05) is 17.7 Å². The molecule has 0 radical (unpaired) electrons. The van der Waals surface area contributed by atoms with Crippen molar-refractivity contribution in [2.45, 2.75) is 32.1 Å². The van der Waals surface area contributed by atoms with Crippen LogP contribution in [0.4, 0.5) is 19.0 Å². The van der Waals surface area contributed by atoms with Gasteiger partial charge in [-0.3, -0.25) is 14.5 Å². The molecule has 0 spiro atoms. The van der Waals surface area contributed by atoms with E-state index in [9.17, 15) is 18.0 Å². The molecule has 0 bridgehead atoms. The lowest BCUT2D eigenvalue weighted by molar-refractivity contribution is -0.137. The molecule has 0 fully saturated rings. The van der Waals surface area contributed by atoms with E-state index in [4.69, 9.17) is 27.9 Å². The average molecular weight is 473 g/mol. The summed E-state index contributed by atoms with van der Waals surface area (Å²) in [5.41, 5.74) is 5.90. The van der Waals surface area contributed by atoms with Crippen LogP contribution in [-0.2, 0) is 17.5 Å². The van der Waals surface area contributed by atoms with Crippen LogP contribution in [0.1, 0.15) is 29.3 Å². The van der Waals surface area contributed by atoms with Gasteiger partial charge in [-0.2, -0.15) is 18.3 Å². The summed E-state index contributed by atoms with van der Waals surface area (Å²) in [7, 11) is 1.59. The third-order valence-electron chi connectivity index (χ3n) is 5.32. The molecule has 2 aromatic rings. The average Bonchev–Trinajstić information content (AvgIpc) is 3.21. The van der Waals surface area contributed by atoms with Crippen molar-refractivity contribution in [3.63, 3.8) is 0 Å². The van der Waals surface area contributed by atoms with Crippen molar-refractivity contribution in [2.24, 2.45) is 11.6 Å². The number of amides is 1. The van der Waals surface area contributed by atoms with Crippen LogP contribution in [0.15, 0.2) is 41.9 Å². The van der Waals surface area contributed by atoms with Crippen LogP contribution in [0.5, 0.6) is 0 Å². The van der Waals surface area contributed by atoms with Crippen molar-refractivity contribution in [1.82, 2.24) is 14.7 Å². The number of aromatic nitrogens is 2. The lowest BCUT2D eigenvalue weighted by atomic mass is 10.0. The van der Waals surface area contributed by atoms with E-state index in [2.05, 4.69) is 5.10 Å². The topological polar surface area (TPSA) is 103 Å². The van der Waals surface area contributed by atoms with E-state index in [0.717, 1.165) is 12.1 Å². The van der Waals surface area contributed by atoms with Crippen LogP contribution in [0.3, 0.4) is 0 Å². The van der Waals surface area contributed by atoms with Crippen LogP contribution < -0.4 is 16.6 Å². The predicted molar refractivity (Wildman–Crippen MR) is 114 cm³/mol. The number of carbonyl (C=O) groups excluding carboxylic acids is 1. The van der Waals surface area contributed by atoms with Crippen molar-refractivity contribution in [1.29, 1.82) is 0 Å². The van der Waals surface area contributed by atoms with Crippen LogP contribution in [0.25, 0.3) is 0 Å². The number of ether oxygens (including phenoxy) is 1. The maximum absolute atomic E-state index is 13.2. The molecular weight excluding hydrogens is 449 g/mol. The summed E-state index contributed by atoms with van der Waals surface area (Å²) in [4.78, 5) is 14.4. The van der Waals surface area contributed by atoms with Crippen LogP contribution >= 0.6 is 11.6 Å². The molecule has 32 heavy (non-hydrogen) atoms. The molecule has 1 aromatic heterocycles. The molecule has 1 amide bonds. The molecule has 1 aromatic carbocycles. The van der Waals surface area contributed by atoms with E-state index < -0.39 is 28.7 Å². The Kier molecular flexibility index (Phi) is 7.01. The minimum Gasteiger partial charge on any atom is -0.399 e. The molecule has 12 heteroatoms. The van der Waals surface area contributed by atoms with E-state index >= 15 is 0 Å². The number of halogens is 4. The molecule has 0 saturated heterocycles. The largest absolute Gasteiger partial charge is 0.417 e. The van der Waals surface area contributed by atoms with Crippen molar-refractivity contribution < 1.29 is 22.7 Å². The van der Waals surface area contributed by atoms with Gasteiger partial charge in [0.1, 0.15) is 0 Å². The molecule has 2 heterocycles. The van der Waals surface area contributed by atoms with Gasteiger partial charge in [-0.05, 0) is 19.1 Å². The van der Waals surface area contributed by atoms with Crippen LogP contribution in [-0.4, -0.2) is 46.9 Å². The van der Waals surface area contributed by atoms with Gasteiger partial charge in [0.15, 0.2) is 5.82 Å². The van der Waals surface area contributed by atoms with E-state index in [-0.39, 0.29) is 12.1 Å². The Labute approximate surface area is 188 Å². The first-order valence-corrected chi connectivity index (χ1v) is 10.2. The fourth-order valence-corrected chi connectivity index (χ4v) is 3.82. The number of hydrogen-bond acceptors (Lipinski definition) is 6. The number of hydrogen-bond donors (Lipinski definition) is 2. The maximum Gasteiger partial charge on any atom is 0.417 e. The zero-order valence-electron chi connectivity index (χ0n) is 17.6. The number of nitrogens with zero attached hydrogens (tertiary/aromatic N) is 4. The normalized spacial score (nSPS) is 17.1. The number of benzene rings is 1. The SMILES string of the molecule is COCCn1ccc(N(N)C2=C(N)[C@@H](C)N(C(=O)c3cccc(C(F)(F)F)c3Cl)CC2)n1. The second-order valence-corrected chi connectivity index (χ2v) is 7.67. The highest BCUT2D eigenvalue weighted by atomic mass is 35.5. The molecule has 1 aliphatic rings. The van der Waals surface area contributed by atoms with Gasteiger partial charge in [0.2, 0.25) is 0 Å². The van der Waals surface area contributed by atoms with Gasteiger partial charge >= 0.3 is 6.18 Å². The van der Waals surface area contributed by atoms with Gasteiger partial charge < -0.3 is 15.4 Å². The third kappa shape index (κ3) is 4.69. The number of carbonyl (C=O) groups is 1. The molecule has 0 saturated carbocycles. The Morgan fingerprint density at radius 3 is 2.75 bits per heavy atom. The third-order valence-corrected chi connectivity index (χ3v) is 5.73. The maximum atomic E-state index is 13.2. The summed E-state index contributed by atoms with van der Waals surface area (Å²) in [5.74, 6) is 6.06. The zero-order chi connectivity index (χ0) is 23.6. The van der Waals surface area contributed by atoms with Crippen molar-refractivity contribution in [3.8, 4) is 0 Å². The zero-order valence-corrected chi connectivity index (χ0v) is 18.3. The van der Waals surface area contributed by atoms with E-state index in [0.29, 0.717) is 36.8 Å². The van der Waals surface area contributed by atoms with E-state index in [1.807, 2.05) is 0 Å². The van der Waals surface area contributed by atoms with Gasteiger partial charge in [0, 0.05) is 32.3 Å². The molecule has 1 aliphatic heterocycles. The van der Waals surface area contributed by atoms with Crippen molar-refractivity contribution in [2.75, 3.05) is 25.3 Å². The minimum atomic E-state index is -4.67. The number of rotatable bonds is 6. The Morgan fingerprint density at radius 2 is 2.09 bits per heavy atom. The summed E-state index contributed by atoms with van der Waals surface area (Å²) >= 11 is 5.93. The highest BCUT2D eigenvalue weighted by Crippen LogP contribution is 2.37. The van der Waals surface area contributed by atoms with E-state index in [1.54, 1.807) is 31.0 Å². The Balaban J connectivity index is 1.83. The molecule has 8 nitrogen and oxygen atoms in total. The molecule has 1 atom stereocenters. The highest BCUT2D eigenvalue weighted by Gasteiger charge is 2.37. The number of anilines is 1. The summed E-state index contributed by atoms with van der Waals surface area (Å²) in [6.45, 7) is 2.91. The Bertz CT molecular complexity index is 1020. The smallest absolute Gasteiger partial charge is 0.399 e. The first-order valence-electron chi connectivity index (χ1n) is 9.78. The van der Waals surface area contributed by atoms with Crippen LogP contribution in [0.2, 0.25) is 5.02 Å². The fourth-order valence-electron chi connectivity index (χ4n) is 3.51. The molecule has 4 N–H and O–H groups in total. The second-order valence-electron chi connectivity index (χ2n) is 7.29. The molecule has 0 unspecified atom stereocenters. The quantitative estimate of drug-likeness (QED) is 0.495. The van der Waals surface area contributed by atoms with Crippen molar-refractivity contribution in [3.05, 3.63) is 58.0 Å². The predicted octanol–water partition coefficient (Wildman–Crippen LogP) is 2.99. The minimum absolute atomic E-state index is 0.195. The summed E-state index contributed by atoms with van der Waals surface area (Å²) in [6.07, 6.45) is -2.62. The van der Waals surface area contributed by atoms with Gasteiger partial charge in [-0.25, -0.2) is 5.84 Å². The number of alkyl halides is 3. The second kappa shape index (κ2) is 9.39. The van der Waals surface area contributed by atoms with Crippen LogP contribution in [0, 0.1) is 0 Å². The first-order chi connectivity index (χ1) is 15.1. The molecule has 174 valence electrons. The Morgan fingerprint density at radius 1 is 1.38 bits per heavy atom. The number of nitrogens with two attached hydrogens (primary N) is 2. The number of methoxy groups -OCH3 is 1. The highest BCUT2D eigenvalue weighted by molar-refractivity contribution is 6.34. The molecule has 3 rings (SSSR count). The van der Waals surface area contributed by atoms with Gasteiger partial charge in [-0.15, -0.1) is 0 Å². The summed E-state index contributed by atoms with van der Waals surface area (Å²) in [5, 5.41) is 5.10. The summed E-state index contributed by atoms with van der Waals surface area (Å²) in [6, 6.07) is 4.37. The first kappa shape index (κ1) is 23.9. The summed E-state index contributed by atoms with van der Waals surface area (Å²) < 4.78 is 46.2. The van der Waals surface area contributed by atoms with E-state index in [1.165, 1.54) is 16.0 Å². The van der Waals surface area contributed by atoms with Gasteiger partial charge in [0.05, 0.1) is 46.7 Å². The fraction of sp³-hybridized carbons (Fsp3) is 0.400. The molecular formula is C20H24ClF3N6O2. The lowest BCUT2D eigenvalue weighted by Gasteiger charge is -2.37. The van der Waals surface area contributed by atoms with Gasteiger partial charge in [0.25, 0.3) is 5.91 Å². The van der Waals surface area contributed by atoms with Crippen molar-refractivity contribution >= 4 is 23.3 Å². The molecule has 0 aliphatic carbocycles. The Hall–Kier alpha value is -2.76. The monoisotopic (exact) mass is 472 g/mol. The standard InChI is InChI=1S/C20H24ClF3N6O2/c1-12-18(25)15(30(26)16-7-8-28(27-16)10-11-32-2)6-9-29(12)19(31)13-4-3-5-14(17(13)21)20(22,23)24/h3-5,7-8,12H,6,9-11,25-26H2,1-2H3/t12-/m1/s1. The number of hydrazine groups is 1. The lowest BCUT2D eigenvalue weighted by Crippen LogP contribution is -2.49.